The Morgan fingerprint density at radius 3 is 2.63 bits per heavy atom. The Hall–Kier alpha value is -2.77. The Balaban J connectivity index is 1.60. The maximum absolute atomic E-state index is 13.6. The highest BCUT2D eigenvalue weighted by Gasteiger charge is 2.30. The fourth-order valence-corrected chi connectivity index (χ4v) is 2.82. The lowest BCUT2D eigenvalue weighted by Gasteiger charge is -2.18. The summed E-state index contributed by atoms with van der Waals surface area (Å²) in [5.74, 6) is -0.229. The first-order valence-corrected chi connectivity index (χ1v) is 8.34. The van der Waals surface area contributed by atoms with Gasteiger partial charge in [0, 0.05) is 5.56 Å². The van der Waals surface area contributed by atoms with Crippen molar-refractivity contribution in [2.24, 2.45) is 0 Å². The molecule has 144 valence electrons. The van der Waals surface area contributed by atoms with E-state index in [0.29, 0.717) is 30.8 Å². The minimum absolute atomic E-state index is 0.147. The van der Waals surface area contributed by atoms with Crippen molar-refractivity contribution in [3.63, 3.8) is 0 Å². The second-order valence-corrected chi connectivity index (χ2v) is 6.10. The van der Waals surface area contributed by atoms with E-state index in [1.54, 1.807) is 0 Å². The monoisotopic (exact) mass is 383 g/mol. The highest BCUT2D eigenvalue weighted by atomic mass is 19.4. The number of amides is 1. The topological polar surface area (TPSA) is 47.6 Å². The van der Waals surface area contributed by atoms with Gasteiger partial charge in [0.1, 0.15) is 17.3 Å². The van der Waals surface area contributed by atoms with Crippen LogP contribution < -0.4 is 14.8 Å². The maximum atomic E-state index is 13.6. The van der Waals surface area contributed by atoms with E-state index in [9.17, 15) is 22.4 Å². The van der Waals surface area contributed by atoms with Crippen molar-refractivity contribution < 1.29 is 31.8 Å². The molecule has 0 spiro atoms. The maximum Gasteiger partial charge on any atom is 0.416 e. The Morgan fingerprint density at radius 2 is 1.93 bits per heavy atom. The Labute approximate surface area is 153 Å². The summed E-state index contributed by atoms with van der Waals surface area (Å²) < 4.78 is 61.9. The van der Waals surface area contributed by atoms with Crippen LogP contribution in [0.25, 0.3) is 0 Å². The van der Waals surface area contributed by atoms with E-state index in [2.05, 4.69) is 5.32 Å². The van der Waals surface area contributed by atoms with E-state index >= 15 is 0 Å². The first kappa shape index (κ1) is 19.0. The number of hydrogen-bond donors (Lipinski definition) is 1. The van der Waals surface area contributed by atoms with E-state index in [1.165, 1.54) is 18.2 Å². The number of carbonyl (C=O) groups excluding carboxylic acids is 1. The summed E-state index contributed by atoms with van der Waals surface area (Å²) in [7, 11) is 0. The van der Waals surface area contributed by atoms with E-state index in [1.807, 2.05) is 0 Å². The van der Waals surface area contributed by atoms with Gasteiger partial charge in [-0.2, -0.15) is 13.2 Å². The molecule has 1 aliphatic rings. The minimum atomic E-state index is -4.43. The van der Waals surface area contributed by atoms with Crippen LogP contribution in [0.5, 0.6) is 11.5 Å². The molecule has 0 bridgehead atoms. The number of rotatable bonds is 4. The summed E-state index contributed by atoms with van der Waals surface area (Å²) >= 11 is 0. The first-order chi connectivity index (χ1) is 12.8. The SMILES string of the molecule is O=C(COc1ccc(C(F)(F)F)cc1)N[C@H]1CCCOc2ccc(F)cc21. The Kier molecular flexibility index (Phi) is 5.53. The van der Waals surface area contributed by atoms with Crippen molar-refractivity contribution in [2.45, 2.75) is 25.1 Å². The number of carbonyl (C=O) groups is 1. The summed E-state index contributed by atoms with van der Waals surface area (Å²) in [6.07, 6.45) is -3.18. The number of benzene rings is 2. The third-order valence-electron chi connectivity index (χ3n) is 4.13. The third kappa shape index (κ3) is 4.90. The number of halogens is 4. The van der Waals surface area contributed by atoms with Crippen LogP contribution >= 0.6 is 0 Å². The van der Waals surface area contributed by atoms with Crippen molar-refractivity contribution in [1.82, 2.24) is 5.32 Å². The fourth-order valence-electron chi connectivity index (χ4n) is 2.82. The molecule has 0 aromatic heterocycles. The van der Waals surface area contributed by atoms with Gasteiger partial charge in [-0.25, -0.2) is 4.39 Å². The van der Waals surface area contributed by atoms with Crippen molar-refractivity contribution in [2.75, 3.05) is 13.2 Å². The highest BCUT2D eigenvalue weighted by Crippen LogP contribution is 2.32. The summed E-state index contributed by atoms with van der Waals surface area (Å²) in [6, 6.07) is 7.78. The predicted molar refractivity (Wildman–Crippen MR) is 89.0 cm³/mol. The summed E-state index contributed by atoms with van der Waals surface area (Å²) in [4.78, 5) is 12.2. The van der Waals surface area contributed by atoms with Gasteiger partial charge in [-0.05, 0) is 55.3 Å². The molecule has 0 radical (unpaired) electrons. The minimum Gasteiger partial charge on any atom is -0.493 e. The zero-order valence-electron chi connectivity index (χ0n) is 14.2. The zero-order chi connectivity index (χ0) is 19.4. The van der Waals surface area contributed by atoms with Gasteiger partial charge >= 0.3 is 6.18 Å². The molecule has 27 heavy (non-hydrogen) atoms. The van der Waals surface area contributed by atoms with Crippen molar-refractivity contribution in [3.8, 4) is 11.5 Å². The molecule has 4 nitrogen and oxygen atoms in total. The van der Waals surface area contributed by atoms with Crippen LogP contribution in [0.1, 0.15) is 30.0 Å². The number of fused-ring (bicyclic) bond motifs is 1. The average Bonchev–Trinajstić information content (AvgIpc) is 2.82. The van der Waals surface area contributed by atoms with E-state index in [0.717, 1.165) is 24.3 Å². The van der Waals surface area contributed by atoms with Crippen LogP contribution in [0.2, 0.25) is 0 Å². The van der Waals surface area contributed by atoms with Gasteiger partial charge in [0.25, 0.3) is 5.91 Å². The molecular formula is C19H17F4NO3. The van der Waals surface area contributed by atoms with Crippen LogP contribution in [-0.2, 0) is 11.0 Å². The van der Waals surface area contributed by atoms with E-state index in [4.69, 9.17) is 9.47 Å². The van der Waals surface area contributed by atoms with E-state index in [-0.39, 0.29) is 12.4 Å². The van der Waals surface area contributed by atoms with Crippen LogP contribution in [0.4, 0.5) is 17.6 Å². The molecule has 0 fully saturated rings. The van der Waals surface area contributed by atoms with E-state index < -0.39 is 29.5 Å². The van der Waals surface area contributed by atoms with Gasteiger partial charge < -0.3 is 14.8 Å². The molecule has 8 heteroatoms. The number of ether oxygens (including phenoxy) is 2. The normalized spacial score (nSPS) is 16.7. The molecular weight excluding hydrogens is 366 g/mol. The van der Waals surface area contributed by atoms with Crippen LogP contribution in [-0.4, -0.2) is 19.1 Å². The molecule has 1 aliphatic heterocycles. The average molecular weight is 383 g/mol. The lowest BCUT2D eigenvalue weighted by atomic mass is 10.0. The van der Waals surface area contributed by atoms with Gasteiger partial charge in [-0.3, -0.25) is 4.79 Å². The Morgan fingerprint density at radius 1 is 1.19 bits per heavy atom. The molecule has 3 rings (SSSR count). The highest BCUT2D eigenvalue weighted by molar-refractivity contribution is 5.78. The number of hydrogen-bond acceptors (Lipinski definition) is 3. The molecule has 0 unspecified atom stereocenters. The van der Waals surface area contributed by atoms with Crippen molar-refractivity contribution >= 4 is 5.91 Å². The van der Waals surface area contributed by atoms with Gasteiger partial charge in [0.15, 0.2) is 6.61 Å². The lowest BCUT2D eigenvalue weighted by molar-refractivity contribution is -0.137. The quantitative estimate of drug-likeness (QED) is 0.803. The lowest BCUT2D eigenvalue weighted by Crippen LogP contribution is -2.32. The standard InChI is InChI=1S/C19H17F4NO3/c20-13-5-8-17-15(10-13)16(2-1-9-26-17)24-18(25)11-27-14-6-3-12(4-7-14)19(21,22)23/h3-8,10,16H,1-2,9,11H2,(H,24,25)/t16-/m0/s1. The molecule has 2 aromatic rings. The van der Waals surface area contributed by atoms with Gasteiger partial charge in [0.2, 0.25) is 0 Å². The second kappa shape index (κ2) is 7.85. The second-order valence-electron chi connectivity index (χ2n) is 6.10. The molecule has 1 atom stereocenters. The van der Waals surface area contributed by atoms with Gasteiger partial charge in [-0.15, -0.1) is 0 Å². The molecule has 1 amide bonds. The van der Waals surface area contributed by atoms with Crippen LogP contribution in [0.3, 0.4) is 0 Å². The summed E-state index contributed by atoms with van der Waals surface area (Å²) in [5, 5.41) is 2.76. The molecule has 1 N–H and O–H groups in total. The van der Waals surface area contributed by atoms with Gasteiger partial charge in [0.05, 0.1) is 18.2 Å². The molecule has 1 heterocycles. The van der Waals surface area contributed by atoms with Crippen LogP contribution in [0, 0.1) is 5.82 Å². The molecule has 0 saturated heterocycles. The zero-order valence-corrected chi connectivity index (χ0v) is 14.2. The predicted octanol–water partition coefficient (Wildman–Crippen LogP) is 4.25. The largest absolute Gasteiger partial charge is 0.493 e. The number of alkyl halides is 3. The number of nitrogens with one attached hydrogen (secondary N) is 1. The first-order valence-electron chi connectivity index (χ1n) is 8.34. The smallest absolute Gasteiger partial charge is 0.416 e. The Bertz CT molecular complexity index is 806. The summed E-state index contributed by atoms with van der Waals surface area (Å²) in [6.45, 7) is 0.0976. The molecule has 0 saturated carbocycles. The molecule has 0 aliphatic carbocycles. The summed E-state index contributed by atoms with van der Waals surface area (Å²) in [5.41, 5.74) is -0.244. The van der Waals surface area contributed by atoms with Gasteiger partial charge in [-0.1, -0.05) is 0 Å². The van der Waals surface area contributed by atoms with Crippen LogP contribution in [0.15, 0.2) is 42.5 Å². The third-order valence-corrected chi connectivity index (χ3v) is 4.13. The van der Waals surface area contributed by atoms with Crippen molar-refractivity contribution in [3.05, 3.63) is 59.4 Å². The fraction of sp³-hybridized carbons (Fsp3) is 0.316. The van der Waals surface area contributed by atoms with Crippen molar-refractivity contribution in [1.29, 1.82) is 0 Å². The molecule has 2 aromatic carbocycles.